The number of hydrogen-bond donors (Lipinski definition) is 1. The summed E-state index contributed by atoms with van der Waals surface area (Å²) in [7, 11) is -5.31. The van der Waals surface area contributed by atoms with Crippen LogP contribution in [0.2, 0.25) is 0 Å². The van der Waals surface area contributed by atoms with Crippen LogP contribution in [0.5, 0.6) is 0 Å². The minimum Gasteiger partial charge on any atom is -0.445 e. The monoisotopic (exact) mass is 557 g/mol. The molecule has 1 amide bonds. The molecule has 1 unspecified atom stereocenters. The largest absolute Gasteiger partial charge is 0.445 e. The van der Waals surface area contributed by atoms with Gasteiger partial charge in [0.1, 0.15) is 12.3 Å². The predicted octanol–water partition coefficient (Wildman–Crippen LogP) is 6.16. The predicted molar refractivity (Wildman–Crippen MR) is 127 cm³/mol. The van der Waals surface area contributed by atoms with Gasteiger partial charge in [-0.1, -0.05) is 35.5 Å². The molecule has 0 bridgehead atoms. The molecule has 38 heavy (non-hydrogen) atoms. The molecule has 0 aliphatic carbocycles. The van der Waals surface area contributed by atoms with E-state index in [9.17, 15) is 32.6 Å². The van der Waals surface area contributed by atoms with E-state index >= 15 is 0 Å². The van der Waals surface area contributed by atoms with Gasteiger partial charge in [-0.25, -0.2) is 4.79 Å². The maximum absolute atomic E-state index is 14.9. The zero-order chi connectivity index (χ0) is 28.0. The Morgan fingerprint density at radius 1 is 1.08 bits per heavy atom. The van der Waals surface area contributed by atoms with Crippen molar-refractivity contribution in [2.75, 3.05) is 13.2 Å². The molecule has 1 heterocycles. The third kappa shape index (κ3) is 5.87. The lowest BCUT2D eigenvalue weighted by molar-refractivity contribution is -0.384. The van der Waals surface area contributed by atoms with Crippen molar-refractivity contribution in [1.29, 1.82) is 0 Å². The molecule has 15 heteroatoms. The van der Waals surface area contributed by atoms with Gasteiger partial charge in [0.25, 0.3) is 5.69 Å². The number of hydrogen-bond acceptors (Lipinski definition) is 9. The van der Waals surface area contributed by atoms with E-state index in [0.717, 1.165) is 18.2 Å². The number of rotatable bonds is 11. The topological polar surface area (TPSA) is 143 Å². The number of alkyl halides is 3. The Balaban J connectivity index is 2.10. The maximum Gasteiger partial charge on any atom is 0.431 e. The van der Waals surface area contributed by atoms with Crippen molar-refractivity contribution in [1.82, 2.24) is 10.5 Å². The minimum atomic E-state index is -5.51. The number of nitro benzene ring substituents is 1. The van der Waals surface area contributed by atoms with Crippen LogP contribution in [0, 0.1) is 10.1 Å². The van der Waals surface area contributed by atoms with Crippen LogP contribution >= 0.6 is 7.60 Å². The van der Waals surface area contributed by atoms with Crippen molar-refractivity contribution in [3.8, 4) is 11.3 Å². The molecule has 0 aliphatic rings. The summed E-state index contributed by atoms with van der Waals surface area (Å²) in [5.41, 5.74) is 0.179. The highest BCUT2D eigenvalue weighted by Crippen LogP contribution is 2.69. The number of halogens is 3. The molecule has 204 valence electrons. The Morgan fingerprint density at radius 2 is 1.68 bits per heavy atom. The fraction of sp³-hybridized carbons (Fsp3) is 0.304. The number of nitro groups is 1. The Bertz CT molecular complexity index is 1290. The number of aromatic nitrogens is 1. The molecule has 11 nitrogen and oxygen atoms in total. The van der Waals surface area contributed by atoms with Gasteiger partial charge in [0, 0.05) is 23.8 Å². The molecule has 1 atom stereocenters. The van der Waals surface area contributed by atoms with Gasteiger partial charge in [-0.3, -0.25) is 20.0 Å². The standard InChI is InChI=1S/C23H23F3N3O8P/c1-3-35-38(33,36-4-2)22(23(24,25)26,27-21(30)34-15-16-8-6-5-7-9-16)20-14-19(28-37-20)17-10-12-18(13-11-17)29(31)32/h5-14H,3-4,15H2,1-2H3,(H,27,30). The SMILES string of the molecule is CCOP(=O)(OCC)C(NC(=O)OCc1ccccc1)(c1cc(-c2ccc([N+](=O)[O-])cc2)no1)C(F)(F)F. The lowest BCUT2D eigenvalue weighted by Crippen LogP contribution is -2.56. The summed E-state index contributed by atoms with van der Waals surface area (Å²) in [6.45, 7) is 1.25. The van der Waals surface area contributed by atoms with Gasteiger partial charge in [0.05, 0.1) is 18.1 Å². The van der Waals surface area contributed by atoms with Crippen molar-refractivity contribution in [3.05, 3.63) is 82.1 Å². The van der Waals surface area contributed by atoms with Crippen molar-refractivity contribution in [2.24, 2.45) is 0 Å². The van der Waals surface area contributed by atoms with Crippen LogP contribution in [0.15, 0.2) is 65.2 Å². The van der Waals surface area contributed by atoms with Crippen LogP contribution < -0.4 is 5.32 Å². The zero-order valence-corrected chi connectivity index (χ0v) is 21.0. The van der Waals surface area contributed by atoms with Gasteiger partial charge < -0.3 is 18.3 Å². The van der Waals surface area contributed by atoms with Gasteiger partial charge in [0.2, 0.25) is 0 Å². The lowest BCUT2D eigenvalue weighted by Gasteiger charge is -2.37. The van der Waals surface area contributed by atoms with E-state index in [2.05, 4.69) is 5.16 Å². The van der Waals surface area contributed by atoms with Gasteiger partial charge in [-0.05, 0) is 31.5 Å². The van der Waals surface area contributed by atoms with E-state index in [1.807, 2.05) is 0 Å². The Labute approximate surface area is 214 Å². The summed E-state index contributed by atoms with van der Waals surface area (Å²) in [5.74, 6) is -1.11. The van der Waals surface area contributed by atoms with Gasteiger partial charge >= 0.3 is 25.1 Å². The molecule has 0 spiro atoms. The molecule has 1 N–H and O–H groups in total. The summed E-state index contributed by atoms with van der Waals surface area (Å²) in [6, 6.07) is 13.7. The molecule has 2 aromatic carbocycles. The number of carbonyl (C=O) groups is 1. The number of benzene rings is 2. The first kappa shape index (κ1) is 28.8. The smallest absolute Gasteiger partial charge is 0.431 e. The molecule has 0 fully saturated rings. The molecule has 3 aromatic rings. The first-order chi connectivity index (χ1) is 18.0. The van der Waals surface area contributed by atoms with Crippen LogP contribution in [0.3, 0.4) is 0 Å². The third-order valence-electron chi connectivity index (χ3n) is 5.16. The number of non-ortho nitro benzene ring substituents is 1. The van der Waals surface area contributed by atoms with Crippen molar-refractivity contribution in [2.45, 2.75) is 31.9 Å². The van der Waals surface area contributed by atoms with Crippen molar-refractivity contribution >= 4 is 19.4 Å². The fourth-order valence-corrected chi connectivity index (χ4v) is 5.50. The zero-order valence-electron chi connectivity index (χ0n) is 20.1. The maximum atomic E-state index is 14.9. The fourth-order valence-electron chi connectivity index (χ4n) is 3.44. The van der Waals surface area contributed by atoms with Gasteiger partial charge in [-0.2, -0.15) is 13.2 Å². The lowest BCUT2D eigenvalue weighted by atomic mass is 10.1. The van der Waals surface area contributed by atoms with E-state index in [4.69, 9.17) is 18.3 Å². The summed E-state index contributed by atoms with van der Waals surface area (Å²) < 4.78 is 78.5. The Kier molecular flexibility index (Phi) is 8.92. The molecule has 0 aliphatic heterocycles. The molecule has 0 saturated carbocycles. The molecular weight excluding hydrogens is 534 g/mol. The summed E-state index contributed by atoms with van der Waals surface area (Å²) in [4.78, 5) is 22.9. The second kappa shape index (κ2) is 11.8. The van der Waals surface area contributed by atoms with E-state index < -0.39 is 55.6 Å². The number of ether oxygens (including phenoxy) is 1. The van der Waals surface area contributed by atoms with Gasteiger partial charge in [0.15, 0.2) is 5.76 Å². The Hall–Kier alpha value is -3.74. The van der Waals surface area contributed by atoms with E-state index in [1.165, 1.54) is 26.0 Å². The molecule has 0 radical (unpaired) electrons. The van der Waals surface area contributed by atoms with Crippen LogP contribution in [-0.4, -0.2) is 35.6 Å². The second-order valence-electron chi connectivity index (χ2n) is 7.61. The molecule has 0 saturated heterocycles. The number of carbonyl (C=O) groups excluding carboxylic acids is 1. The van der Waals surface area contributed by atoms with E-state index in [1.54, 1.807) is 35.6 Å². The number of amides is 1. The number of nitrogens with zero attached hydrogens (tertiary/aromatic N) is 2. The summed E-state index contributed by atoms with van der Waals surface area (Å²) in [5, 5.41) is 12.3. The average molecular weight is 557 g/mol. The highest BCUT2D eigenvalue weighted by molar-refractivity contribution is 7.55. The van der Waals surface area contributed by atoms with Gasteiger partial charge in [-0.15, -0.1) is 0 Å². The number of alkyl carbamates (subject to hydrolysis) is 1. The first-order valence-corrected chi connectivity index (χ1v) is 12.7. The average Bonchev–Trinajstić information content (AvgIpc) is 3.36. The van der Waals surface area contributed by atoms with Crippen molar-refractivity contribution in [3.63, 3.8) is 0 Å². The summed E-state index contributed by atoms with van der Waals surface area (Å²) >= 11 is 0. The Morgan fingerprint density at radius 3 is 2.21 bits per heavy atom. The molecule has 1 aromatic heterocycles. The third-order valence-corrected chi connectivity index (χ3v) is 7.76. The van der Waals surface area contributed by atoms with Crippen LogP contribution in [-0.2, 0) is 30.2 Å². The van der Waals surface area contributed by atoms with Crippen molar-refractivity contribution < 1.29 is 45.8 Å². The first-order valence-electron chi connectivity index (χ1n) is 11.1. The van der Waals surface area contributed by atoms with E-state index in [-0.39, 0.29) is 16.9 Å². The second-order valence-corrected chi connectivity index (χ2v) is 9.79. The van der Waals surface area contributed by atoms with E-state index in [0.29, 0.717) is 5.56 Å². The minimum absolute atomic E-state index is 0.149. The summed E-state index contributed by atoms with van der Waals surface area (Å²) in [6.07, 6.45) is -7.09. The normalized spacial score (nSPS) is 13.5. The van der Waals surface area contributed by atoms with Crippen LogP contribution in [0.25, 0.3) is 11.3 Å². The van der Waals surface area contributed by atoms with Crippen LogP contribution in [0.4, 0.5) is 23.7 Å². The molecule has 3 rings (SSSR count). The van der Waals surface area contributed by atoms with Crippen LogP contribution in [0.1, 0.15) is 25.2 Å². The quantitative estimate of drug-likeness (QED) is 0.167. The highest BCUT2D eigenvalue weighted by Gasteiger charge is 2.73. The molecular formula is C23H23F3N3O8P. The number of nitrogens with one attached hydrogen (secondary N) is 1. The highest BCUT2D eigenvalue weighted by atomic mass is 31.2.